The van der Waals surface area contributed by atoms with E-state index in [1.165, 1.54) is 0 Å². The van der Waals surface area contributed by atoms with Gasteiger partial charge in [0.2, 0.25) is 11.8 Å². The SMILES string of the molecule is COC1CC(N2CCC(=O)NC(C)C2=O)C1(C)C. The van der Waals surface area contributed by atoms with E-state index in [4.69, 9.17) is 4.74 Å². The summed E-state index contributed by atoms with van der Waals surface area (Å²) in [6, 6.07) is -0.248. The molecule has 0 aromatic carbocycles. The van der Waals surface area contributed by atoms with E-state index in [0.717, 1.165) is 6.42 Å². The monoisotopic (exact) mass is 254 g/mol. The molecule has 3 unspecified atom stereocenters. The Kier molecular flexibility index (Phi) is 3.36. The Morgan fingerprint density at radius 1 is 1.39 bits per heavy atom. The molecule has 1 heterocycles. The number of carbonyl (C=O) groups excluding carboxylic acids is 2. The van der Waals surface area contributed by atoms with Crippen molar-refractivity contribution >= 4 is 11.8 Å². The van der Waals surface area contributed by atoms with Crippen molar-refractivity contribution < 1.29 is 14.3 Å². The van der Waals surface area contributed by atoms with Crippen molar-refractivity contribution in [2.45, 2.75) is 51.8 Å². The van der Waals surface area contributed by atoms with Gasteiger partial charge in [-0.3, -0.25) is 9.59 Å². The van der Waals surface area contributed by atoms with Crippen LogP contribution in [0.3, 0.4) is 0 Å². The van der Waals surface area contributed by atoms with Gasteiger partial charge in [-0.2, -0.15) is 0 Å². The number of ether oxygens (including phenoxy) is 1. The quantitative estimate of drug-likeness (QED) is 0.782. The van der Waals surface area contributed by atoms with Crippen LogP contribution in [0.2, 0.25) is 0 Å². The fraction of sp³-hybridized carbons (Fsp3) is 0.846. The number of hydrogen-bond acceptors (Lipinski definition) is 3. The molecule has 1 aliphatic heterocycles. The summed E-state index contributed by atoms with van der Waals surface area (Å²) in [6.45, 7) is 6.50. The van der Waals surface area contributed by atoms with Crippen molar-refractivity contribution in [3.8, 4) is 0 Å². The van der Waals surface area contributed by atoms with Crippen LogP contribution in [0.5, 0.6) is 0 Å². The second-order valence-electron chi connectivity index (χ2n) is 5.87. The van der Waals surface area contributed by atoms with E-state index in [-0.39, 0.29) is 29.4 Å². The van der Waals surface area contributed by atoms with Gasteiger partial charge in [0, 0.05) is 31.5 Å². The van der Waals surface area contributed by atoms with Gasteiger partial charge in [-0.05, 0) is 13.3 Å². The number of methoxy groups -OCH3 is 1. The number of amides is 2. The first kappa shape index (κ1) is 13.3. The summed E-state index contributed by atoms with van der Waals surface area (Å²) in [7, 11) is 1.71. The van der Waals surface area contributed by atoms with Crippen LogP contribution in [-0.2, 0) is 14.3 Å². The van der Waals surface area contributed by atoms with Gasteiger partial charge in [0.05, 0.1) is 6.10 Å². The van der Waals surface area contributed by atoms with Crippen molar-refractivity contribution in [1.82, 2.24) is 10.2 Å². The van der Waals surface area contributed by atoms with Crippen molar-refractivity contribution in [1.29, 1.82) is 0 Å². The number of rotatable bonds is 2. The van der Waals surface area contributed by atoms with Crippen LogP contribution < -0.4 is 5.32 Å². The van der Waals surface area contributed by atoms with Crippen LogP contribution >= 0.6 is 0 Å². The molecule has 3 atom stereocenters. The van der Waals surface area contributed by atoms with E-state index < -0.39 is 6.04 Å². The highest BCUT2D eigenvalue weighted by Crippen LogP contribution is 2.45. The highest BCUT2D eigenvalue weighted by Gasteiger charge is 2.53. The molecule has 0 spiro atoms. The second kappa shape index (κ2) is 4.53. The zero-order valence-electron chi connectivity index (χ0n) is 11.5. The molecule has 0 aromatic rings. The third kappa shape index (κ3) is 2.00. The topological polar surface area (TPSA) is 58.6 Å². The molecule has 1 saturated heterocycles. The molecule has 1 aliphatic carbocycles. The van der Waals surface area contributed by atoms with Gasteiger partial charge < -0.3 is 15.0 Å². The molecule has 5 nitrogen and oxygen atoms in total. The van der Waals surface area contributed by atoms with Gasteiger partial charge in [0.25, 0.3) is 0 Å². The molecular formula is C13H22N2O3. The lowest BCUT2D eigenvalue weighted by atomic mass is 9.63. The van der Waals surface area contributed by atoms with Crippen molar-refractivity contribution in [2.75, 3.05) is 13.7 Å². The van der Waals surface area contributed by atoms with E-state index >= 15 is 0 Å². The molecule has 0 bridgehead atoms. The van der Waals surface area contributed by atoms with Crippen molar-refractivity contribution in [3.63, 3.8) is 0 Å². The molecule has 102 valence electrons. The Labute approximate surface area is 108 Å². The van der Waals surface area contributed by atoms with Gasteiger partial charge in [-0.1, -0.05) is 13.8 Å². The second-order valence-corrected chi connectivity index (χ2v) is 5.87. The summed E-state index contributed by atoms with van der Waals surface area (Å²) in [4.78, 5) is 25.6. The Morgan fingerprint density at radius 2 is 2.06 bits per heavy atom. The first-order chi connectivity index (χ1) is 8.37. The van der Waals surface area contributed by atoms with Crippen molar-refractivity contribution in [3.05, 3.63) is 0 Å². The fourth-order valence-corrected chi connectivity index (χ4v) is 3.06. The zero-order valence-corrected chi connectivity index (χ0v) is 11.5. The first-order valence-electron chi connectivity index (χ1n) is 6.50. The van der Waals surface area contributed by atoms with E-state index in [1.807, 2.05) is 4.90 Å². The molecule has 1 saturated carbocycles. The Morgan fingerprint density at radius 3 is 2.61 bits per heavy atom. The number of hydrogen-bond donors (Lipinski definition) is 1. The van der Waals surface area contributed by atoms with Crippen LogP contribution in [0.25, 0.3) is 0 Å². The molecule has 0 aromatic heterocycles. The predicted octanol–water partition coefficient (Wildman–Crippen LogP) is 0.537. The number of nitrogens with one attached hydrogen (secondary N) is 1. The van der Waals surface area contributed by atoms with Gasteiger partial charge in [-0.25, -0.2) is 0 Å². The van der Waals surface area contributed by atoms with Crippen LogP contribution in [0.15, 0.2) is 0 Å². The lowest BCUT2D eigenvalue weighted by molar-refractivity contribution is -0.162. The molecule has 1 N–H and O–H groups in total. The van der Waals surface area contributed by atoms with E-state index in [1.54, 1.807) is 14.0 Å². The Bertz CT molecular complexity index is 367. The summed E-state index contributed by atoms with van der Waals surface area (Å²) in [5, 5.41) is 2.72. The van der Waals surface area contributed by atoms with Gasteiger partial charge >= 0.3 is 0 Å². The maximum atomic E-state index is 12.3. The first-order valence-corrected chi connectivity index (χ1v) is 6.50. The molecule has 0 radical (unpaired) electrons. The van der Waals surface area contributed by atoms with E-state index in [0.29, 0.717) is 13.0 Å². The maximum absolute atomic E-state index is 12.3. The lowest BCUT2D eigenvalue weighted by Gasteiger charge is -2.55. The molecule has 18 heavy (non-hydrogen) atoms. The van der Waals surface area contributed by atoms with Crippen LogP contribution in [-0.4, -0.2) is 48.6 Å². The molecule has 2 amide bonds. The zero-order chi connectivity index (χ0) is 13.5. The van der Waals surface area contributed by atoms with Crippen LogP contribution in [0.4, 0.5) is 0 Å². The minimum Gasteiger partial charge on any atom is -0.381 e. The average Bonchev–Trinajstić information content (AvgIpc) is 2.41. The minimum absolute atomic E-state index is 0.0217. The highest BCUT2D eigenvalue weighted by atomic mass is 16.5. The van der Waals surface area contributed by atoms with Crippen LogP contribution in [0.1, 0.15) is 33.6 Å². The van der Waals surface area contributed by atoms with Crippen LogP contribution in [0, 0.1) is 5.41 Å². The standard InChI is InChI=1S/C13H22N2O3/c1-8-12(17)15(6-5-11(16)14-8)9-7-10(18-4)13(9,2)3/h8-10H,5-7H2,1-4H3,(H,14,16). The van der Waals surface area contributed by atoms with Gasteiger partial charge in [-0.15, -0.1) is 0 Å². The third-order valence-electron chi connectivity index (χ3n) is 4.40. The molecule has 2 aliphatic rings. The highest BCUT2D eigenvalue weighted by molar-refractivity contribution is 5.89. The van der Waals surface area contributed by atoms with E-state index in [2.05, 4.69) is 19.2 Å². The minimum atomic E-state index is -0.419. The number of carbonyl (C=O) groups is 2. The summed E-state index contributed by atoms with van der Waals surface area (Å²) in [5.41, 5.74) is -0.0441. The summed E-state index contributed by atoms with van der Waals surface area (Å²) in [5.74, 6) is -0.0211. The molecular weight excluding hydrogens is 232 g/mol. The maximum Gasteiger partial charge on any atom is 0.245 e. The summed E-state index contributed by atoms with van der Waals surface area (Å²) in [6.07, 6.45) is 1.44. The Hall–Kier alpha value is -1.10. The number of nitrogens with zero attached hydrogens (tertiary/aromatic N) is 1. The molecule has 5 heteroatoms. The molecule has 2 fully saturated rings. The van der Waals surface area contributed by atoms with Gasteiger partial charge in [0.15, 0.2) is 0 Å². The van der Waals surface area contributed by atoms with Gasteiger partial charge in [0.1, 0.15) is 6.04 Å². The third-order valence-corrected chi connectivity index (χ3v) is 4.40. The average molecular weight is 254 g/mol. The van der Waals surface area contributed by atoms with E-state index in [9.17, 15) is 9.59 Å². The largest absolute Gasteiger partial charge is 0.381 e. The normalized spacial score (nSPS) is 35.8. The lowest BCUT2D eigenvalue weighted by Crippen LogP contribution is -2.64. The predicted molar refractivity (Wildman–Crippen MR) is 66.9 cm³/mol. The van der Waals surface area contributed by atoms with Crippen molar-refractivity contribution in [2.24, 2.45) is 5.41 Å². The smallest absolute Gasteiger partial charge is 0.245 e. The Balaban J connectivity index is 2.13. The fourth-order valence-electron chi connectivity index (χ4n) is 3.06. The summed E-state index contributed by atoms with van der Waals surface area (Å²) < 4.78 is 5.42. The summed E-state index contributed by atoms with van der Waals surface area (Å²) >= 11 is 0. The molecule has 2 rings (SSSR count).